The maximum Gasteiger partial charge on any atom is 0.344 e. The quantitative estimate of drug-likeness (QED) is 0.413. The number of hydrogen-bond acceptors (Lipinski definition) is 9. The summed E-state index contributed by atoms with van der Waals surface area (Å²) < 4.78 is 26.3. The Morgan fingerprint density at radius 1 is 0.939 bits per heavy atom. The third-order valence-corrected chi connectivity index (χ3v) is 5.06. The first-order valence-corrected chi connectivity index (χ1v) is 11.0. The van der Waals surface area contributed by atoms with E-state index in [0.717, 1.165) is 11.3 Å². The van der Waals surface area contributed by atoms with Crippen molar-refractivity contribution in [2.75, 3.05) is 31.7 Å². The Morgan fingerprint density at radius 3 is 2.36 bits per heavy atom. The summed E-state index contributed by atoms with van der Waals surface area (Å²) in [5.74, 6) is -0.587. The molecule has 2 aromatic heterocycles. The van der Waals surface area contributed by atoms with Crippen LogP contribution in [0.5, 0.6) is 11.5 Å². The molecule has 1 amide bonds. The highest BCUT2D eigenvalue weighted by Crippen LogP contribution is 2.36. The largest absolute Gasteiger partial charge is 0.490 e. The molecule has 0 spiro atoms. The highest BCUT2D eigenvalue weighted by molar-refractivity contribution is 7.15. The van der Waals surface area contributed by atoms with Crippen molar-refractivity contribution in [3.63, 3.8) is 0 Å². The van der Waals surface area contributed by atoms with Crippen molar-refractivity contribution in [1.82, 2.24) is 0 Å². The molecule has 0 aliphatic heterocycles. The van der Waals surface area contributed by atoms with E-state index >= 15 is 0 Å². The summed E-state index contributed by atoms with van der Waals surface area (Å²) in [5.41, 5.74) is 0.671. The molecular weight excluding hydrogens is 450 g/mol. The Hall–Kier alpha value is -3.79. The fourth-order valence-electron chi connectivity index (χ4n) is 2.80. The SMILES string of the molecule is CCOC(=O)c1c(-c2ccco2)csc1NC(=O)COC(=O)COc1ccccc1OCC. The van der Waals surface area contributed by atoms with Gasteiger partial charge in [-0.05, 0) is 38.1 Å². The fraction of sp³-hybridized carbons (Fsp3) is 0.261. The van der Waals surface area contributed by atoms with Gasteiger partial charge >= 0.3 is 11.9 Å². The number of nitrogens with one attached hydrogen (secondary N) is 1. The average molecular weight is 474 g/mol. The number of rotatable bonds is 11. The van der Waals surface area contributed by atoms with Crippen molar-refractivity contribution in [3.05, 3.63) is 53.6 Å². The molecule has 0 radical (unpaired) electrons. The molecule has 0 atom stereocenters. The third kappa shape index (κ3) is 6.36. The molecule has 1 aromatic carbocycles. The van der Waals surface area contributed by atoms with E-state index in [-0.39, 0.29) is 17.2 Å². The number of hydrogen-bond donors (Lipinski definition) is 1. The van der Waals surface area contributed by atoms with Crippen LogP contribution >= 0.6 is 11.3 Å². The van der Waals surface area contributed by atoms with Crippen molar-refractivity contribution in [3.8, 4) is 22.8 Å². The minimum absolute atomic E-state index is 0.170. The lowest BCUT2D eigenvalue weighted by Crippen LogP contribution is -2.24. The number of anilines is 1. The zero-order valence-electron chi connectivity index (χ0n) is 18.1. The maximum atomic E-state index is 12.5. The van der Waals surface area contributed by atoms with E-state index in [2.05, 4.69) is 5.32 Å². The fourth-order valence-corrected chi connectivity index (χ4v) is 3.75. The number of thiophene rings is 1. The van der Waals surface area contributed by atoms with Gasteiger partial charge < -0.3 is 28.7 Å². The number of carbonyl (C=O) groups is 3. The van der Waals surface area contributed by atoms with E-state index in [1.807, 2.05) is 6.92 Å². The van der Waals surface area contributed by atoms with Crippen LogP contribution in [0.3, 0.4) is 0 Å². The van der Waals surface area contributed by atoms with Crippen LogP contribution < -0.4 is 14.8 Å². The first-order valence-electron chi connectivity index (χ1n) is 10.2. The Balaban J connectivity index is 1.57. The number of carbonyl (C=O) groups excluding carboxylic acids is 3. The average Bonchev–Trinajstić information content (AvgIpc) is 3.47. The lowest BCUT2D eigenvalue weighted by atomic mass is 10.1. The van der Waals surface area contributed by atoms with E-state index in [1.54, 1.807) is 48.7 Å². The van der Waals surface area contributed by atoms with E-state index in [9.17, 15) is 14.4 Å². The van der Waals surface area contributed by atoms with Gasteiger partial charge in [-0.15, -0.1) is 11.3 Å². The minimum Gasteiger partial charge on any atom is -0.490 e. The van der Waals surface area contributed by atoms with Gasteiger partial charge in [-0.25, -0.2) is 9.59 Å². The maximum absolute atomic E-state index is 12.5. The van der Waals surface area contributed by atoms with Gasteiger partial charge in [-0.1, -0.05) is 12.1 Å². The topological polar surface area (TPSA) is 113 Å². The van der Waals surface area contributed by atoms with Crippen LogP contribution in [0.4, 0.5) is 5.00 Å². The van der Waals surface area contributed by atoms with Crippen LogP contribution in [0.25, 0.3) is 11.3 Å². The van der Waals surface area contributed by atoms with Crippen LogP contribution in [-0.2, 0) is 19.1 Å². The number of benzene rings is 1. The van der Waals surface area contributed by atoms with Crippen LogP contribution in [0, 0.1) is 0 Å². The Labute approximate surface area is 194 Å². The van der Waals surface area contributed by atoms with Gasteiger partial charge in [0.15, 0.2) is 24.7 Å². The second kappa shape index (κ2) is 11.7. The zero-order chi connectivity index (χ0) is 23.6. The molecule has 0 aliphatic rings. The lowest BCUT2D eigenvalue weighted by molar-refractivity contribution is -0.149. The smallest absolute Gasteiger partial charge is 0.344 e. The van der Waals surface area contributed by atoms with Gasteiger partial charge in [0, 0.05) is 10.9 Å². The van der Waals surface area contributed by atoms with E-state index in [1.165, 1.54) is 6.26 Å². The number of para-hydroxylation sites is 2. The van der Waals surface area contributed by atoms with Crippen LogP contribution in [-0.4, -0.2) is 44.3 Å². The molecule has 3 aromatic rings. The van der Waals surface area contributed by atoms with Gasteiger partial charge in [-0.3, -0.25) is 4.79 Å². The lowest BCUT2D eigenvalue weighted by Gasteiger charge is -2.11. The highest BCUT2D eigenvalue weighted by atomic mass is 32.1. The predicted molar refractivity (Wildman–Crippen MR) is 121 cm³/mol. The Kier molecular flexibility index (Phi) is 8.48. The van der Waals surface area contributed by atoms with Gasteiger partial charge in [-0.2, -0.15) is 0 Å². The summed E-state index contributed by atoms with van der Waals surface area (Å²) in [7, 11) is 0. The molecule has 0 saturated heterocycles. The van der Waals surface area contributed by atoms with Crippen molar-refractivity contribution >= 4 is 34.2 Å². The Bertz CT molecular complexity index is 1090. The summed E-state index contributed by atoms with van der Waals surface area (Å²) in [5, 5.41) is 4.53. The second-order valence-electron chi connectivity index (χ2n) is 6.43. The number of ether oxygens (including phenoxy) is 4. The molecule has 9 nitrogen and oxygen atoms in total. The van der Waals surface area contributed by atoms with Crippen molar-refractivity contribution in [2.24, 2.45) is 0 Å². The van der Waals surface area contributed by atoms with Crippen LogP contribution in [0.2, 0.25) is 0 Å². The molecule has 0 fully saturated rings. The molecule has 1 N–H and O–H groups in total. The number of furan rings is 1. The van der Waals surface area contributed by atoms with Crippen molar-refractivity contribution in [1.29, 1.82) is 0 Å². The zero-order valence-corrected chi connectivity index (χ0v) is 18.9. The number of esters is 2. The van der Waals surface area contributed by atoms with Crippen molar-refractivity contribution in [2.45, 2.75) is 13.8 Å². The molecule has 0 unspecified atom stereocenters. The normalized spacial score (nSPS) is 10.4. The van der Waals surface area contributed by atoms with Crippen LogP contribution in [0.15, 0.2) is 52.5 Å². The summed E-state index contributed by atoms with van der Waals surface area (Å²) in [4.78, 5) is 36.8. The van der Waals surface area contributed by atoms with E-state index in [0.29, 0.717) is 29.4 Å². The third-order valence-electron chi connectivity index (χ3n) is 4.17. The summed E-state index contributed by atoms with van der Waals surface area (Å²) in [6.07, 6.45) is 1.48. The first-order chi connectivity index (χ1) is 16.0. The van der Waals surface area contributed by atoms with Gasteiger partial charge in [0.05, 0.1) is 19.5 Å². The van der Waals surface area contributed by atoms with Crippen LogP contribution in [0.1, 0.15) is 24.2 Å². The molecule has 2 heterocycles. The minimum atomic E-state index is -0.732. The Morgan fingerprint density at radius 2 is 1.70 bits per heavy atom. The highest BCUT2D eigenvalue weighted by Gasteiger charge is 2.24. The molecule has 0 aliphatic carbocycles. The van der Waals surface area contributed by atoms with Crippen molar-refractivity contribution < 1.29 is 37.7 Å². The molecular formula is C23H23NO8S. The second-order valence-corrected chi connectivity index (χ2v) is 7.31. The molecule has 33 heavy (non-hydrogen) atoms. The van der Waals surface area contributed by atoms with E-state index < -0.39 is 31.1 Å². The molecule has 174 valence electrons. The molecule has 0 bridgehead atoms. The summed E-state index contributed by atoms with van der Waals surface area (Å²) in [6, 6.07) is 10.3. The molecule has 10 heteroatoms. The molecule has 0 saturated carbocycles. The van der Waals surface area contributed by atoms with Gasteiger partial charge in [0.1, 0.15) is 16.3 Å². The van der Waals surface area contributed by atoms with Gasteiger partial charge in [0.25, 0.3) is 5.91 Å². The monoisotopic (exact) mass is 473 g/mol. The summed E-state index contributed by atoms with van der Waals surface area (Å²) in [6.45, 7) is 3.19. The van der Waals surface area contributed by atoms with E-state index in [4.69, 9.17) is 23.4 Å². The standard InChI is InChI=1S/C23H23NO8S/c1-3-28-17-8-5-6-9-18(17)31-13-20(26)32-12-19(25)24-22-21(23(27)29-4-2)15(14-33-22)16-10-7-11-30-16/h5-11,14H,3-4,12-13H2,1-2H3,(H,24,25). The number of amides is 1. The predicted octanol–water partition coefficient (Wildman–Crippen LogP) is 4.14. The van der Waals surface area contributed by atoms with Gasteiger partial charge in [0.2, 0.25) is 0 Å². The summed E-state index contributed by atoms with van der Waals surface area (Å²) >= 11 is 1.13. The molecule has 3 rings (SSSR count). The first kappa shape index (κ1) is 23.9.